The second-order valence-electron chi connectivity index (χ2n) is 4.80. The number of hydrogen-bond acceptors (Lipinski definition) is 5. The Kier molecular flexibility index (Phi) is 3.21. The monoisotopic (exact) mass is 302 g/mol. The smallest absolute Gasteiger partial charge is 0.231 e. The first-order valence-electron chi connectivity index (χ1n) is 6.42. The zero-order valence-electron chi connectivity index (χ0n) is 11.2. The zero-order chi connectivity index (χ0) is 15.9. The Morgan fingerprint density at radius 3 is 2.59 bits per heavy atom. The average Bonchev–Trinajstić information content (AvgIpc) is 2.82. The van der Waals surface area contributed by atoms with Gasteiger partial charge in [0.25, 0.3) is 0 Å². The van der Waals surface area contributed by atoms with Gasteiger partial charge in [-0.1, -0.05) is 6.07 Å². The van der Waals surface area contributed by atoms with Crippen molar-refractivity contribution in [3.63, 3.8) is 0 Å². The van der Waals surface area contributed by atoms with Gasteiger partial charge in [-0.15, -0.1) is 0 Å². The highest BCUT2D eigenvalue weighted by Gasteiger charge is 2.30. The molecule has 0 bridgehead atoms. The number of fused-ring (bicyclic) bond motifs is 1. The Bertz CT molecular complexity index is 810. The number of phenols is 3. The molecule has 1 aliphatic rings. The number of allylic oxidation sites excluding steroid dienone is 2. The third kappa shape index (κ3) is 2.24. The van der Waals surface area contributed by atoms with Crippen LogP contribution in [-0.2, 0) is 6.42 Å². The fourth-order valence-electron chi connectivity index (χ4n) is 2.16. The van der Waals surface area contributed by atoms with Crippen molar-refractivity contribution in [3.05, 3.63) is 59.1 Å². The van der Waals surface area contributed by atoms with Crippen LogP contribution in [-0.4, -0.2) is 21.1 Å². The SMILES string of the molecule is O=C1C(=CCc2ccc(F)c(O)c2)Oc2c1ccc(O)c2O. The molecule has 0 aliphatic carbocycles. The van der Waals surface area contributed by atoms with Crippen molar-refractivity contribution in [2.75, 3.05) is 0 Å². The summed E-state index contributed by atoms with van der Waals surface area (Å²) in [5.41, 5.74) is 0.745. The molecule has 1 heterocycles. The van der Waals surface area contributed by atoms with Crippen LogP contribution >= 0.6 is 0 Å². The molecule has 1 aliphatic heterocycles. The lowest BCUT2D eigenvalue weighted by molar-refractivity contribution is 0.101. The number of ketones is 1. The number of benzene rings is 2. The Labute approximate surface area is 124 Å². The molecular weight excluding hydrogens is 291 g/mol. The molecule has 0 radical (unpaired) electrons. The molecule has 0 fully saturated rings. The summed E-state index contributed by atoms with van der Waals surface area (Å²) < 4.78 is 18.2. The first-order valence-corrected chi connectivity index (χ1v) is 6.42. The fourth-order valence-corrected chi connectivity index (χ4v) is 2.16. The van der Waals surface area contributed by atoms with E-state index in [1.165, 1.54) is 30.3 Å². The Hall–Kier alpha value is -3.02. The minimum atomic E-state index is -0.725. The third-order valence-corrected chi connectivity index (χ3v) is 3.32. The van der Waals surface area contributed by atoms with E-state index in [2.05, 4.69) is 0 Å². The van der Waals surface area contributed by atoms with Crippen LogP contribution < -0.4 is 4.74 Å². The first-order chi connectivity index (χ1) is 10.5. The van der Waals surface area contributed by atoms with E-state index in [-0.39, 0.29) is 29.2 Å². The number of Topliss-reactive ketones (excluding diaryl/α,β-unsaturated/α-hetero) is 1. The highest BCUT2D eigenvalue weighted by Crippen LogP contribution is 2.43. The van der Waals surface area contributed by atoms with Gasteiger partial charge in [-0.3, -0.25) is 4.79 Å². The molecule has 3 N–H and O–H groups in total. The van der Waals surface area contributed by atoms with E-state index in [1.54, 1.807) is 0 Å². The van der Waals surface area contributed by atoms with Gasteiger partial charge in [0, 0.05) is 0 Å². The molecule has 0 saturated heterocycles. The standard InChI is InChI=1S/C16H11FO5/c17-10-4-1-8(7-12(10)19)2-6-13-14(20)9-3-5-11(18)15(21)16(9)22-13/h1,3-7,18-19,21H,2H2. The first kappa shape index (κ1) is 13.9. The number of ether oxygens (including phenoxy) is 1. The lowest BCUT2D eigenvalue weighted by atomic mass is 10.1. The minimum absolute atomic E-state index is 0.000264. The third-order valence-electron chi connectivity index (χ3n) is 3.32. The van der Waals surface area contributed by atoms with Crippen LogP contribution in [0.1, 0.15) is 15.9 Å². The maximum absolute atomic E-state index is 13.0. The van der Waals surface area contributed by atoms with E-state index < -0.39 is 23.1 Å². The average molecular weight is 302 g/mol. The summed E-state index contributed by atoms with van der Waals surface area (Å²) in [5, 5.41) is 28.4. The molecule has 6 heteroatoms. The van der Waals surface area contributed by atoms with Gasteiger partial charge in [0.15, 0.2) is 28.8 Å². The summed E-state index contributed by atoms with van der Waals surface area (Å²) in [4.78, 5) is 12.1. The van der Waals surface area contributed by atoms with Gasteiger partial charge >= 0.3 is 0 Å². The predicted molar refractivity (Wildman–Crippen MR) is 74.6 cm³/mol. The van der Waals surface area contributed by atoms with E-state index in [9.17, 15) is 24.5 Å². The van der Waals surface area contributed by atoms with Crippen LogP contribution in [0.15, 0.2) is 42.2 Å². The molecule has 112 valence electrons. The van der Waals surface area contributed by atoms with Crippen molar-refractivity contribution in [1.29, 1.82) is 0 Å². The number of phenolic OH excluding ortho intramolecular Hbond substituents is 3. The van der Waals surface area contributed by atoms with Gasteiger partial charge in [-0.2, -0.15) is 0 Å². The summed E-state index contributed by atoms with van der Waals surface area (Å²) in [5.74, 6) is -2.57. The van der Waals surface area contributed by atoms with Gasteiger partial charge in [0.2, 0.25) is 11.5 Å². The van der Waals surface area contributed by atoms with Gasteiger partial charge in [-0.25, -0.2) is 4.39 Å². The molecule has 0 aromatic heterocycles. The van der Waals surface area contributed by atoms with Crippen LogP contribution in [0.2, 0.25) is 0 Å². The Morgan fingerprint density at radius 2 is 1.86 bits per heavy atom. The lowest BCUT2D eigenvalue weighted by Crippen LogP contribution is -1.99. The Morgan fingerprint density at radius 1 is 1.09 bits per heavy atom. The summed E-state index contributed by atoms with van der Waals surface area (Å²) in [6, 6.07) is 6.41. The molecule has 0 unspecified atom stereocenters. The number of rotatable bonds is 2. The maximum Gasteiger partial charge on any atom is 0.231 e. The summed E-state index contributed by atoms with van der Waals surface area (Å²) in [7, 11) is 0. The van der Waals surface area contributed by atoms with Crippen LogP contribution in [0.25, 0.3) is 0 Å². The number of halogens is 1. The number of carbonyl (C=O) groups excluding carboxylic acids is 1. The molecule has 0 atom stereocenters. The summed E-state index contributed by atoms with van der Waals surface area (Å²) in [6.45, 7) is 0. The number of aromatic hydroxyl groups is 3. The molecule has 0 spiro atoms. The van der Waals surface area contributed by atoms with Crippen molar-refractivity contribution >= 4 is 5.78 Å². The van der Waals surface area contributed by atoms with Crippen LogP contribution in [0, 0.1) is 5.82 Å². The highest BCUT2D eigenvalue weighted by molar-refractivity contribution is 6.13. The molecule has 3 rings (SSSR count). The lowest BCUT2D eigenvalue weighted by Gasteiger charge is -2.03. The van der Waals surface area contributed by atoms with Crippen molar-refractivity contribution in [3.8, 4) is 23.0 Å². The summed E-state index contributed by atoms with van der Waals surface area (Å²) in [6.07, 6.45) is 1.70. The largest absolute Gasteiger partial charge is 0.505 e. The molecular formula is C16H11FO5. The van der Waals surface area contributed by atoms with Gasteiger partial charge in [0.1, 0.15) is 0 Å². The van der Waals surface area contributed by atoms with E-state index >= 15 is 0 Å². The second-order valence-corrected chi connectivity index (χ2v) is 4.80. The number of hydrogen-bond donors (Lipinski definition) is 3. The molecule has 2 aromatic carbocycles. The highest BCUT2D eigenvalue weighted by atomic mass is 19.1. The van der Waals surface area contributed by atoms with Gasteiger partial charge in [0.05, 0.1) is 5.56 Å². The van der Waals surface area contributed by atoms with E-state index in [1.807, 2.05) is 0 Å². The number of carbonyl (C=O) groups is 1. The van der Waals surface area contributed by atoms with Gasteiger partial charge in [-0.05, 0) is 42.3 Å². The predicted octanol–water partition coefficient (Wildman–Crippen LogP) is 2.64. The van der Waals surface area contributed by atoms with Crippen molar-refractivity contribution in [2.24, 2.45) is 0 Å². The second kappa shape index (κ2) is 5.07. The van der Waals surface area contributed by atoms with Crippen LogP contribution in [0.3, 0.4) is 0 Å². The molecule has 2 aromatic rings. The van der Waals surface area contributed by atoms with Crippen molar-refractivity contribution < 1.29 is 29.2 Å². The minimum Gasteiger partial charge on any atom is -0.505 e. The van der Waals surface area contributed by atoms with Crippen LogP contribution in [0.5, 0.6) is 23.0 Å². The van der Waals surface area contributed by atoms with Crippen molar-refractivity contribution in [1.82, 2.24) is 0 Å². The van der Waals surface area contributed by atoms with E-state index in [0.717, 1.165) is 6.07 Å². The topological polar surface area (TPSA) is 87.0 Å². The molecule has 0 saturated carbocycles. The molecule has 22 heavy (non-hydrogen) atoms. The Balaban J connectivity index is 1.86. The molecule has 5 nitrogen and oxygen atoms in total. The maximum atomic E-state index is 13.0. The fraction of sp³-hybridized carbons (Fsp3) is 0.0625. The quantitative estimate of drug-likeness (QED) is 0.586. The van der Waals surface area contributed by atoms with Crippen LogP contribution in [0.4, 0.5) is 4.39 Å². The summed E-state index contributed by atoms with van der Waals surface area (Å²) >= 11 is 0. The normalized spacial score (nSPS) is 15.0. The zero-order valence-corrected chi connectivity index (χ0v) is 11.2. The van der Waals surface area contributed by atoms with E-state index in [4.69, 9.17) is 4.74 Å². The molecule has 0 amide bonds. The van der Waals surface area contributed by atoms with E-state index in [0.29, 0.717) is 5.56 Å². The van der Waals surface area contributed by atoms with Gasteiger partial charge < -0.3 is 20.1 Å². The van der Waals surface area contributed by atoms with Crippen molar-refractivity contribution in [2.45, 2.75) is 6.42 Å².